The lowest BCUT2D eigenvalue weighted by molar-refractivity contribution is 0.0700. The Morgan fingerprint density at radius 1 is 1.04 bits per heavy atom. The number of fused-ring (bicyclic) bond motifs is 4. The molecule has 2 unspecified atom stereocenters. The highest BCUT2D eigenvalue weighted by Crippen LogP contribution is 2.41. The Balaban J connectivity index is 1.09. The number of ether oxygens (including phenoxy) is 1. The Kier molecular flexibility index (Phi) is 6.04. The number of aryl methyl sites for hydroxylation is 1. The van der Waals surface area contributed by atoms with Crippen molar-refractivity contribution in [2.24, 2.45) is 24.6 Å². The molecule has 9 nitrogen and oxygen atoms in total. The predicted molar refractivity (Wildman–Crippen MR) is 176 cm³/mol. The van der Waals surface area contributed by atoms with Crippen LogP contribution in [-0.4, -0.2) is 68.7 Å². The molecule has 3 aromatic heterocycles. The molecule has 2 aliphatic heterocycles. The molecule has 2 bridgehead atoms. The molecule has 230 valence electrons. The third-order valence-electron chi connectivity index (χ3n) is 11.0. The first-order valence-corrected chi connectivity index (χ1v) is 16.4. The quantitative estimate of drug-likeness (QED) is 0.277. The number of aromatic nitrogens is 4. The zero-order valence-corrected chi connectivity index (χ0v) is 25.9. The standard InChI is InChI=1S/C36H39N7O2/c1-40-34-28(12-25(14-32(34)45-2)36(44)43-20-24-8-10-29(43)33(24)37)39-35(40)31-13-22-7-9-27(15-30(22)42(31)17-21-5-6-21)41-18-26(19-41)23-4-3-11-38-16-23/h3-4,7,9,11-16,21,24,26,29,33H,5-6,8,10,17-20,37H2,1-2H3/t24?,29?,33-/m1/s1. The van der Waals surface area contributed by atoms with E-state index < -0.39 is 0 Å². The molecule has 0 spiro atoms. The van der Waals surface area contributed by atoms with Gasteiger partial charge in [-0.3, -0.25) is 9.78 Å². The second kappa shape index (κ2) is 10.1. The minimum absolute atomic E-state index is 0.0252. The molecule has 3 atom stereocenters. The lowest BCUT2D eigenvalue weighted by Gasteiger charge is -2.41. The van der Waals surface area contributed by atoms with Crippen LogP contribution in [0.5, 0.6) is 5.75 Å². The van der Waals surface area contributed by atoms with Gasteiger partial charge in [0.1, 0.15) is 11.3 Å². The summed E-state index contributed by atoms with van der Waals surface area (Å²) in [5, 5.41) is 1.22. The molecule has 0 radical (unpaired) electrons. The summed E-state index contributed by atoms with van der Waals surface area (Å²) in [6, 6.07) is 17.4. The van der Waals surface area contributed by atoms with E-state index in [9.17, 15) is 4.79 Å². The summed E-state index contributed by atoms with van der Waals surface area (Å²) < 4.78 is 10.5. The van der Waals surface area contributed by atoms with E-state index in [0.29, 0.717) is 29.1 Å². The first kappa shape index (κ1) is 27.0. The van der Waals surface area contributed by atoms with Crippen LogP contribution in [-0.2, 0) is 13.6 Å². The first-order valence-electron chi connectivity index (χ1n) is 16.4. The van der Waals surface area contributed by atoms with Crippen molar-refractivity contribution in [2.45, 2.75) is 50.2 Å². The number of piperidine rings is 1. The van der Waals surface area contributed by atoms with Gasteiger partial charge in [0.25, 0.3) is 5.91 Å². The number of methoxy groups -OCH3 is 1. The van der Waals surface area contributed by atoms with Crippen LogP contribution < -0.4 is 15.4 Å². The van der Waals surface area contributed by atoms with Crippen molar-refractivity contribution in [2.75, 3.05) is 31.6 Å². The summed E-state index contributed by atoms with van der Waals surface area (Å²) in [5.74, 6) is 3.19. The zero-order chi connectivity index (χ0) is 30.4. The molecule has 2 aliphatic carbocycles. The van der Waals surface area contributed by atoms with Gasteiger partial charge in [-0.2, -0.15) is 0 Å². The number of anilines is 1. The van der Waals surface area contributed by atoms with Crippen LogP contribution in [0.1, 0.15) is 47.5 Å². The van der Waals surface area contributed by atoms with Gasteiger partial charge in [-0.05, 0) is 79.5 Å². The summed E-state index contributed by atoms with van der Waals surface area (Å²) in [6.07, 6.45) is 8.46. The number of likely N-dealkylation sites (tertiary alicyclic amines) is 1. The molecular formula is C36H39N7O2. The second-order valence-corrected chi connectivity index (χ2v) is 13.7. The molecule has 9 rings (SSSR count). The fraction of sp³-hybridized carbons (Fsp3) is 0.417. The zero-order valence-electron chi connectivity index (χ0n) is 25.9. The molecular weight excluding hydrogens is 562 g/mol. The number of carbonyl (C=O) groups excluding carboxylic acids is 1. The highest BCUT2D eigenvalue weighted by Gasteiger charge is 2.47. The van der Waals surface area contributed by atoms with Crippen LogP contribution in [0.4, 0.5) is 5.69 Å². The van der Waals surface area contributed by atoms with Crippen molar-refractivity contribution in [1.29, 1.82) is 0 Å². The monoisotopic (exact) mass is 601 g/mol. The Morgan fingerprint density at radius 2 is 1.91 bits per heavy atom. The molecule has 2 aromatic carbocycles. The molecule has 9 heteroatoms. The third kappa shape index (κ3) is 4.27. The number of imidazole rings is 1. The third-order valence-corrected chi connectivity index (χ3v) is 11.0. The maximum Gasteiger partial charge on any atom is 0.254 e. The van der Waals surface area contributed by atoms with Crippen LogP contribution in [0.3, 0.4) is 0 Å². The number of rotatable bonds is 7. The van der Waals surface area contributed by atoms with Crippen molar-refractivity contribution in [3.05, 3.63) is 72.1 Å². The number of amides is 1. The van der Waals surface area contributed by atoms with Crippen molar-refractivity contribution in [3.63, 3.8) is 0 Å². The Bertz CT molecular complexity index is 1950. The number of nitrogens with two attached hydrogens (primary N) is 1. The van der Waals surface area contributed by atoms with Crippen LogP contribution >= 0.6 is 0 Å². The van der Waals surface area contributed by atoms with Crippen molar-refractivity contribution >= 4 is 33.5 Å². The normalized spacial score (nSPS) is 23.0. The molecule has 1 amide bonds. The van der Waals surface area contributed by atoms with Crippen LogP contribution in [0, 0.1) is 11.8 Å². The molecule has 4 fully saturated rings. The van der Waals surface area contributed by atoms with E-state index in [1.165, 1.54) is 35.0 Å². The number of benzene rings is 2. The maximum atomic E-state index is 13.7. The first-order chi connectivity index (χ1) is 22.0. The highest BCUT2D eigenvalue weighted by atomic mass is 16.5. The average molecular weight is 602 g/mol. The fourth-order valence-corrected chi connectivity index (χ4v) is 8.16. The summed E-state index contributed by atoms with van der Waals surface area (Å²) in [4.78, 5) is 27.7. The molecule has 2 saturated carbocycles. The molecule has 2 N–H and O–H groups in total. The van der Waals surface area contributed by atoms with Crippen LogP contribution in [0.25, 0.3) is 33.5 Å². The van der Waals surface area contributed by atoms with E-state index in [1.54, 1.807) is 7.11 Å². The van der Waals surface area contributed by atoms with Gasteiger partial charge >= 0.3 is 0 Å². The van der Waals surface area contributed by atoms with E-state index in [0.717, 1.165) is 61.6 Å². The van der Waals surface area contributed by atoms with Gasteiger partial charge in [-0.15, -0.1) is 0 Å². The molecule has 5 heterocycles. The predicted octanol–water partition coefficient (Wildman–Crippen LogP) is 5.17. The highest BCUT2D eigenvalue weighted by molar-refractivity contribution is 6.00. The van der Waals surface area contributed by atoms with Gasteiger partial charge in [-0.1, -0.05) is 12.1 Å². The van der Waals surface area contributed by atoms with E-state index in [1.807, 2.05) is 35.5 Å². The second-order valence-electron chi connectivity index (χ2n) is 13.7. The molecule has 2 saturated heterocycles. The van der Waals surface area contributed by atoms with E-state index >= 15 is 0 Å². The number of nitrogens with zero attached hydrogens (tertiary/aromatic N) is 6. The van der Waals surface area contributed by atoms with E-state index in [2.05, 4.69) is 56.4 Å². The minimum Gasteiger partial charge on any atom is -0.494 e. The number of hydrogen-bond donors (Lipinski definition) is 1. The fourth-order valence-electron chi connectivity index (χ4n) is 8.16. The number of hydrogen-bond acceptors (Lipinski definition) is 6. The summed E-state index contributed by atoms with van der Waals surface area (Å²) >= 11 is 0. The number of carbonyl (C=O) groups is 1. The Labute approximate surface area is 262 Å². The average Bonchev–Trinajstić information content (AvgIpc) is 3.44. The van der Waals surface area contributed by atoms with E-state index in [-0.39, 0.29) is 18.0 Å². The summed E-state index contributed by atoms with van der Waals surface area (Å²) in [6.45, 7) is 3.72. The van der Waals surface area contributed by atoms with Gasteiger partial charge < -0.3 is 29.4 Å². The lowest BCUT2D eigenvalue weighted by atomic mass is 9.92. The SMILES string of the molecule is COc1cc(C(=O)N2CC3CCC2[C@@H]3N)cc2nc(-c3cc4ccc(N5CC(c6cccnc6)C5)cc4n3CC3CC3)n(C)c12. The Hall–Kier alpha value is -4.37. The van der Waals surface area contributed by atoms with Gasteiger partial charge in [0.2, 0.25) is 0 Å². The lowest BCUT2D eigenvalue weighted by Crippen LogP contribution is -2.45. The van der Waals surface area contributed by atoms with Crippen molar-refractivity contribution in [1.82, 2.24) is 24.0 Å². The molecule has 5 aromatic rings. The van der Waals surface area contributed by atoms with Crippen molar-refractivity contribution in [3.8, 4) is 17.3 Å². The number of pyridine rings is 1. The topological polar surface area (TPSA) is 94.4 Å². The van der Waals surface area contributed by atoms with Crippen LogP contribution in [0.2, 0.25) is 0 Å². The smallest absolute Gasteiger partial charge is 0.254 e. The van der Waals surface area contributed by atoms with E-state index in [4.69, 9.17) is 15.5 Å². The molecule has 4 aliphatic rings. The summed E-state index contributed by atoms with van der Waals surface area (Å²) in [5.41, 5.74) is 13.6. The summed E-state index contributed by atoms with van der Waals surface area (Å²) in [7, 11) is 3.72. The Morgan fingerprint density at radius 3 is 2.62 bits per heavy atom. The largest absolute Gasteiger partial charge is 0.494 e. The van der Waals surface area contributed by atoms with Crippen LogP contribution in [0.15, 0.2) is 60.9 Å². The van der Waals surface area contributed by atoms with Gasteiger partial charge in [0.15, 0.2) is 5.82 Å². The van der Waals surface area contributed by atoms with Gasteiger partial charge in [-0.25, -0.2) is 4.98 Å². The minimum atomic E-state index is 0.0252. The molecule has 45 heavy (non-hydrogen) atoms. The van der Waals surface area contributed by atoms with Gasteiger partial charge in [0, 0.05) is 80.3 Å². The maximum absolute atomic E-state index is 13.7. The van der Waals surface area contributed by atoms with Gasteiger partial charge in [0.05, 0.1) is 23.8 Å². The van der Waals surface area contributed by atoms with Crippen molar-refractivity contribution < 1.29 is 9.53 Å².